The normalized spacial score (nSPS) is 30.4. The quantitative estimate of drug-likeness (QED) is 0.367. The zero-order chi connectivity index (χ0) is 20.9. The third-order valence-electron chi connectivity index (χ3n) is 5.05. The molecule has 0 spiro atoms. The summed E-state index contributed by atoms with van der Waals surface area (Å²) in [6.07, 6.45) is -1.65. The standard InChI is InChI=1S/C20H20N6O3S/c1-12-7-9-14(10-8-12)30-20-17(24-26-22)16(23-25-21)18-15(28-20)11-27-19(29-18)13-5-3-2-4-6-13/h2-10,15-20H,11H2,1H3/t15-,16+,17-,18-,19-,20-/m1/s1. The molecule has 0 aromatic heterocycles. The van der Waals surface area contributed by atoms with E-state index in [0.717, 1.165) is 16.0 Å². The van der Waals surface area contributed by atoms with E-state index < -0.39 is 36.0 Å². The smallest absolute Gasteiger partial charge is 0.184 e. The molecule has 0 aliphatic carbocycles. The molecule has 9 nitrogen and oxygen atoms in total. The molecule has 30 heavy (non-hydrogen) atoms. The molecule has 4 rings (SSSR count). The van der Waals surface area contributed by atoms with Crippen LogP contribution in [0.3, 0.4) is 0 Å². The van der Waals surface area contributed by atoms with Gasteiger partial charge in [-0.25, -0.2) is 0 Å². The second-order valence-electron chi connectivity index (χ2n) is 7.04. The van der Waals surface area contributed by atoms with E-state index in [1.165, 1.54) is 11.8 Å². The van der Waals surface area contributed by atoms with E-state index in [9.17, 15) is 5.53 Å². The molecule has 10 heteroatoms. The fraction of sp³-hybridized carbons (Fsp3) is 0.400. The molecule has 0 N–H and O–H groups in total. The summed E-state index contributed by atoms with van der Waals surface area (Å²) in [7, 11) is 0. The van der Waals surface area contributed by atoms with Gasteiger partial charge in [0.25, 0.3) is 0 Å². The van der Waals surface area contributed by atoms with E-state index >= 15 is 0 Å². The Balaban J connectivity index is 1.60. The third-order valence-corrected chi connectivity index (χ3v) is 6.21. The molecule has 2 aliphatic rings. The first kappa shape index (κ1) is 20.6. The zero-order valence-electron chi connectivity index (χ0n) is 16.2. The molecule has 0 unspecified atom stereocenters. The minimum absolute atomic E-state index is 0.273. The van der Waals surface area contributed by atoms with Gasteiger partial charge in [0, 0.05) is 20.3 Å². The monoisotopic (exact) mass is 424 g/mol. The Labute approximate surface area is 177 Å². The second-order valence-corrected chi connectivity index (χ2v) is 8.21. The number of hydrogen-bond donors (Lipinski definition) is 0. The average Bonchev–Trinajstić information content (AvgIpc) is 2.78. The first-order chi connectivity index (χ1) is 14.7. The van der Waals surface area contributed by atoms with Crippen LogP contribution in [-0.4, -0.2) is 36.3 Å². The highest BCUT2D eigenvalue weighted by molar-refractivity contribution is 7.99. The lowest BCUT2D eigenvalue weighted by atomic mass is 9.95. The molecule has 2 aromatic rings. The van der Waals surface area contributed by atoms with Crippen molar-refractivity contribution in [2.75, 3.05) is 6.61 Å². The van der Waals surface area contributed by atoms with Gasteiger partial charge in [-0.1, -0.05) is 70.0 Å². The van der Waals surface area contributed by atoms with Gasteiger partial charge in [0.2, 0.25) is 0 Å². The molecule has 0 amide bonds. The van der Waals surface area contributed by atoms with Crippen molar-refractivity contribution in [2.45, 2.75) is 47.8 Å². The molecule has 2 heterocycles. The second kappa shape index (κ2) is 9.40. The van der Waals surface area contributed by atoms with Gasteiger partial charge < -0.3 is 14.2 Å². The molecule has 6 atom stereocenters. The first-order valence-corrected chi connectivity index (χ1v) is 10.4. The van der Waals surface area contributed by atoms with Crippen molar-refractivity contribution in [3.8, 4) is 0 Å². The van der Waals surface area contributed by atoms with Gasteiger partial charge in [-0.2, -0.15) is 0 Å². The number of ether oxygens (including phenoxy) is 3. The summed E-state index contributed by atoms with van der Waals surface area (Å²) in [5.41, 5.74) is 19.8. The fourth-order valence-corrected chi connectivity index (χ4v) is 4.70. The van der Waals surface area contributed by atoms with Crippen molar-refractivity contribution in [2.24, 2.45) is 10.2 Å². The van der Waals surface area contributed by atoms with Gasteiger partial charge in [0.1, 0.15) is 11.5 Å². The Morgan fingerprint density at radius 1 is 0.933 bits per heavy atom. The lowest BCUT2D eigenvalue weighted by Crippen LogP contribution is -2.59. The summed E-state index contributed by atoms with van der Waals surface area (Å²) in [6, 6.07) is 16.0. The Hall–Kier alpha value is -2.71. The molecule has 2 aromatic carbocycles. The van der Waals surface area contributed by atoms with E-state index in [2.05, 4.69) is 20.1 Å². The number of hydrogen-bond acceptors (Lipinski definition) is 6. The number of benzene rings is 2. The Morgan fingerprint density at radius 3 is 2.33 bits per heavy atom. The summed E-state index contributed by atoms with van der Waals surface area (Å²) in [5, 5.41) is 7.86. The number of aryl methyl sites for hydroxylation is 1. The summed E-state index contributed by atoms with van der Waals surface area (Å²) in [6.45, 7) is 2.28. The maximum Gasteiger partial charge on any atom is 0.184 e. The van der Waals surface area contributed by atoms with Crippen LogP contribution in [0.15, 0.2) is 69.7 Å². The lowest BCUT2D eigenvalue weighted by Gasteiger charge is -2.47. The summed E-state index contributed by atoms with van der Waals surface area (Å²) in [5.74, 6) is 0. The van der Waals surface area contributed by atoms with Crippen LogP contribution in [0.1, 0.15) is 17.4 Å². The molecule has 2 saturated heterocycles. The molecule has 0 bridgehead atoms. The van der Waals surface area contributed by atoms with Crippen LogP contribution in [0, 0.1) is 6.92 Å². The highest BCUT2D eigenvalue weighted by atomic mass is 32.2. The van der Waals surface area contributed by atoms with Gasteiger partial charge in [-0.05, 0) is 30.1 Å². The Morgan fingerprint density at radius 2 is 1.63 bits per heavy atom. The van der Waals surface area contributed by atoms with Crippen molar-refractivity contribution in [1.82, 2.24) is 0 Å². The minimum atomic E-state index is -0.729. The van der Waals surface area contributed by atoms with Crippen LogP contribution in [0.5, 0.6) is 0 Å². The van der Waals surface area contributed by atoms with Crippen molar-refractivity contribution in [3.05, 3.63) is 86.6 Å². The highest BCUT2D eigenvalue weighted by Gasteiger charge is 2.49. The number of thioether (sulfide) groups is 1. The lowest BCUT2D eigenvalue weighted by molar-refractivity contribution is -0.286. The number of nitrogens with zero attached hydrogens (tertiary/aromatic N) is 6. The first-order valence-electron chi connectivity index (χ1n) is 9.49. The summed E-state index contributed by atoms with van der Waals surface area (Å²) in [4.78, 5) is 6.92. The largest absolute Gasteiger partial charge is 0.358 e. The summed E-state index contributed by atoms with van der Waals surface area (Å²) >= 11 is 1.42. The molecule has 0 radical (unpaired) electrons. The van der Waals surface area contributed by atoms with Crippen LogP contribution < -0.4 is 0 Å². The predicted molar refractivity (Wildman–Crippen MR) is 112 cm³/mol. The van der Waals surface area contributed by atoms with Crippen molar-refractivity contribution in [1.29, 1.82) is 0 Å². The molecule has 2 aliphatic heterocycles. The van der Waals surface area contributed by atoms with Gasteiger partial charge in [0.05, 0.1) is 24.8 Å². The Bertz CT molecular complexity index is 962. The zero-order valence-corrected chi connectivity index (χ0v) is 17.0. The topological polar surface area (TPSA) is 125 Å². The minimum Gasteiger partial charge on any atom is -0.358 e. The van der Waals surface area contributed by atoms with Gasteiger partial charge >= 0.3 is 0 Å². The van der Waals surface area contributed by atoms with Crippen molar-refractivity contribution < 1.29 is 14.2 Å². The molecule has 154 valence electrons. The summed E-state index contributed by atoms with van der Waals surface area (Å²) < 4.78 is 18.2. The van der Waals surface area contributed by atoms with Crippen molar-refractivity contribution >= 4 is 11.8 Å². The SMILES string of the molecule is Cc1ccc(S[C@H]2O[C@@H]3CO[C@@H](c4ccccc4)O[C@H]3[C@@H](N=[N+]=[N-])[C@H]2N=[N+]=[N-])cc1. The number of rotatable bonds is 5. The number of fused-ring (bicyclic) bond motifs is 1. The van der Waals surface area contributed by atoms with E-state index in [1.807, 2.05) is 61.5 Å². The van der Waals surface area contributed by atoms with Crippen LogP contribution >= 0.6 is 11.8 Å². The number of azide groups is 2. The fourth-order valence-electron chi connectivity index (χ4n) is 3.58. The highest BCUT2D eigenvalue weighted by Crippen LogP contribution is 2.41. The molecular formula is C20H20N6O3S. The predicted octanol–water partition coefficient (Wildman–Crippen LogP) is 5.28. The maximum absolute atomic E-state index is 9.17. The van der Waals surface area contributed by atoms with Crippen LogP contribution in [-0.2, 0) is 14.2 Å². The van der Waals surface area contributed by atoms with E-state index in [1.54, 1.807) is 0 Å². The van der Waals surface area contributed by atoms with Gasteiger partial charge in [0.15, 0.2) is 6.29 Å². The average molecular weight is 424 g/mol. The van der Waals surface area contributed by atoms with E-state index in [4.69, 9.17) is 19.7 Å². The molecule has 0 saturated carbocycles. The van der Waals surface area contributed by atoms with E-state index in [-0.39, 0.29) is 6.61 Å². The van der Waals surface area contributed by atoms with Crippen molar-refractivity contribution in [3.63, 3.8) is 0 Å². The molecular weight excluding hydrogens is 404 g/mol. The molecule has 2 fully saturated rings. The van der Waals surface area contributed by atoms with Gasteiger partial charge in [-0.15, -0.1) is 0 Å². The van der Waals surface area contributed by atoms with Crippen LogP contribution in [0.25, 0.3) is 20.9 Å². The maximum atomic E-state index is 9.17. The van der Waals surface area contributed by atoms with E-state index in [0.29, 0.717) is 0 Å². The van der Waals surface area contributed by atoms with Crippen LogP contribution in [0.2, 0.25) is 0 Å². The van der Waals surface area contributed by atoms with Gasteiger partial charge in [-0.3, -0.25) is 0 Å². The third kappa shape index (κ3) is 4.39. The Kier molecular flexibility index (Phi) is 6.44. The van der Waals surface area contributed by atoms with Crippen LogP contribution in [0.4, 0.5) is 0 Å².